The number of aryl methyl sites for hydroxylation is 3. The minimum Gasteiger partial charge on any atom is -0.481 e. The van der Waals surface area contributed by atoms with Gasteiger partial charge in [0.15, 0.2) is 5.82 Å². The number of carboxylic acid groups (broad SMARTS) is 1. The summed E-state index contributed by atoms with van der Waals surface area (Å²) in [6, 6.07) is 4.30. The van der Waals surface area contributed by atoms with Gasteiger partial charge in [0.2, 0.25) is 0 Å². The van der Waals surface area contributed by atoms with Crippen LogP contribution in [0.25, 0.3) is 0 Å². The highest BCUT2D eigenvalue weighted by atomic mass is 19.4. The number of fused-ring (bicyclic) bond motifs is 1. The molecule has 1 fully saturated rings. The second-order valence-corrected chi connectivity index (χ2v) is 12.5. The monoisotopic (exact) mass is 601 g/mol. The van der Waals surface area contributed by atoms with E-state index in [1.54, 1.807) is 11.7 Å². The van der Waals surface area contributed by atoms with Gasteiger partial charge in [-0.1, -0.05) is 37.1 Å². The molecule has 10 heteroatoms. The maximum absolute atomic E-state index is 13.4. The Hall–Kier alpha value is -3.17. The molecule has 2 aromatic rings. The lowest BCUT2D eigenvalue weighted by atomic mass is 9.72. The first-order chi connectivity index (χ1) is 20.4. The number of allylic oxidation sites excluding steroid dienone is 3. The van der Waals surface area contributed by atoms with E-state index in [0.29, 0.717) is 48.7 Å². The summed E-state index contributed by atoms with van der Waals surface area (Å²) in [5.74, 6) is 0.340. The molecule has 1 saturated carbocycles. The molecule has 1 aromatic carbocycles. The Balaban J connectivity index is 1.56. The molecule has 4 rings (SSSR count). The molecule has 0 bridgehead atoms. The lowest BCUT2D eigenvalue weighted by Crippen LogP contribution is -2.32. The van der Waals surface area contributed by atoms with Gasteiger partial charge in [0.25, 0.3) is 0 Å². The Kier molecular flexibility index (Phi) is 10.7. The van der Waals surface area contributed by atoms with Gasteiger partial charge in [0, 0.05) is 31.1 Å². The van der Waals surface area contributed by atoms with Crippen molar-refractivity contribution in [3.8, 4) is 0 Å². The predicted octanol–water partition coefficient (Wildman–Crippen LogP) is 7.72. The van der Waals surface area contributed by atoms with Crippen LogP contribution in [0.1, 0.15) is 107 Å². The third-order valence-corrected chi connectivity index (χ3v) is 9.13. The van der Waals surface area contributed by atoms with Crippen LogP contribution >= 0.6 is 0 Å². The van der Waals surface area contributed by atoms with Gasteiger partial charge < -0.3 is 10.0 Å². The molecule has 2 aliphatic carbocycles. The first-order valence-corrected chi connectivity index (χ1v) is 15.8. The third kappa shape index (κ3) is 8.48. The van der Waals surface area contributed by atoms with Crippen LogP contribution in [0.4, 0.5) is 13.2 Å². The van der Waals surface area contributed by atoms with E-state index in [2.05, 4.69) is 46.3 Å². The van der Waals surface area contributed by atoms with Gasteiger partial charge in [-0.25, -0.2) is 0 Å². The van der Waals surface area contributed by atoms with Crippen LogP contribution in [-0.2, 0) is 23.9 Å². The Bertz CT molecular complexity index is 1320. The summed E-state index contributed by atoms with van der Waals surface area (Å²) in [6.45, 7) is 10.4. The van der Waals surface area contributed by atoms with Gasteiger partial charge in [0.1, 0.15) is 0 Å². The van der Waals surface area contributed by atoms with Crippen LogP contribution in [0.3, 0.4) is 0 Å². The largest absolute Gasteiger partial charge is 0.481 e. The summed E-state index contributed by atoms with van der Waals surface area (Å²) in [6.07, 6.45) is 8.33. The van der Waals surface area contributed by atoms with E-state index < -0.39 is 17.7 Å². The van der Waals surface area contributed by atoms with E-state index in [1.807, 2.05) is 13.0 Å². The van der Waals surface area contributed by atoms with Crippen molar-refractivity contribution in [3.05, 3.63) is 64.1 Å². The standard InChI is InChI=1S/C33H46F3N5O2/c1-5-40(16-8-7-14-30(42)43)29-22-32(4)15-10-13-27(32)21-26(29)20-25(31-37-39-41(6-2)38-31)12-9-11-24-17-23(3)18-28(19-24)33(34,35)36/h17-19,21-22,25,27H,5-16,20H2,1-4H3,(H,42,43). The fourth-order valence-electron chi connectivity index (χ4n) is 6.76. The molecule has 0 aliphatic heterocycles. The summed E-state index contributed by atoms with van der Waals surface area (Å²) >= 11 is 0. The average molecular weight is 602 g/mol. The molecule has 43 heavy (non-hydrogen) atoms. The molecule has 0 saturated heterocycles. The van der Waals surface area contributed by atoms with Gasteiger partial charge in [0.05, 0.1) is 12.1 Å². The second-order valence-electron chi connectivity index (χ2n) is 12.5. The second kappa shape index (κ2) is 14.1. The molecule has 3 unspecified atom stereocenters. The zero-order valence-electron chi connectivity index (χ0n) is 26.0. The predicted molar refractivity (Wildman–Crippen MR) is 160 cm³/mol. The minimum absolute atomic E-state index is 0.0293. The zero-order valence-corrected chi connectivity index (χ0v) is 26.0. The highest BCUT2D eigenvalue weighted by Crippen LogP contribution is 2.51. The molecule has 236 valence electrons. The number of likely N-dealkylation sites (N-methyl/N-ethyl adjacent to an activating group) is 1. The maximum atomic E-state index is 13.4. The fourth-order valence-corrected chi connectivity index (χ4v) is 6.76. The van der Waals surface area contributed by atoms with Crippen LogP contribution in [0, 0.1) is 18.3 Å². The van der Waals surface area contributed by atoms with Gasteiger partial charge >= 0.3 is 12.1 Å². The van der Waals surface area contributed by atoms with Crippen LogP contribution in [0.2, 0.25) is 0 Å². The molecule has 1 heterocycles. The van der Waals surface area contributed by atoms with E-state index in [1.165, 1.54) is 29.8 Å². The quantitative estimate of drug-likeness (QED) is 0.210. The zero-order chi connectivity index (χ0) is 31.2. The summed E-state index contributed by atoms with van der Waals surface area (Å²) in [5.41, 5.74) is 3.29. The van der Waals surface area contributed by atoms with Crippen LogP contribution in [-0.4, -0.2) is 49.3 Å². The molecule has 2 aliphatic rings. The first kappa shape index (κ1) is 32.7. The van der Waals surface area contributed by atoms with Crippen molar-refractivity contribution in [1.29, 1.82) is 0 Å². The number of nitrogens with zero attached hydrogens (tertiary/aromatic N) is 5. The van der Waals surface area contributed by atoms with Crippen LogP contribution in [0.15, 0.2) is 41.6 Å². The summed E-state index contributed by atoms with van der Waals surface area (Å²) in [4.78, 5) is 15.0. The van der Waals surface area contributed by atoms with E-state index in [0.717, 1.165) is 45.2 Å². The number of tetrazole rings is 1. The van der Waals surface area contributed by atoms with E-state index >= 15 is 0 Å². The lowest BCUT2D eigenvalue weighted by Gasteiger charge is -2.38. The number of carboxylic acids is 1. The van der Waals surface area contributed by atoms with Gasteiger partial charge in [-0.15, -0.1) is 10.2 Å². The Morgan fingerprint density at radius 3 is 2.67 bits per heavy atom. The Labute approximate surface area is 253 Å². The third-order valence-electron chi connectivity index (χ3n) is 9.13. The normalized spacial score (nSPS) is 20.9. The van der Waals surface area contributed by atoms with E-state index in [4.69, 9.17) is 5.11 Å². The first-order valence-electron chi connectivity index (χ1n) is 15.8. The molecule has 0 amide bonds. The summed E-state index contributed by atoms with van der Waals surface area (Å²) < 4.78 is 40.3. The highest BCUT2D eigenvalue weighted by Gasteiger charge is 2.40. The number of halogens is 3. The number of aromatic nitrogens is 4. The Morgan fingerprint density at radius 2 is 2.00 bits per heavy atom. The van der Waals surface area contributed by atoms with Crippen molar-refractivity contribution in [2.75, 3.05) is 13.1 Å². The molecule has 3 atom stereocenters. The number of hydrogen-bond donors (Lipinski definition) is 1. The SMILES string of the molecule is CCN(CCCCC(=O)O)C1=CC2(C)CCCC2C=C1CC(CCCc1cc(C)cc(C(F)(F)F)c1)c1nnn(CC)n1. The number of carbonyl (C=O) groups is 1. The number of unbranched alkanes of at least 4 members (excludes halogenated alkanes) is 1. The smallest absolute Gasteiger partial charge is 0.416 e. The molecule has 1 aromatic heterocycles. The number of benzene rings is 1. The molecule has 0 radical (unpaired) electrons. The molecule has 0 spiro atoms. The van der Waals surface area contributed by atoms with Crippen LogP contribution < -0.4 is 0 Å². The summed E-state index contributed by atoms with van der Waals surface area (Å²) in [5, 5.41) is 22.4. The van der Waals surface area contributed by atoms with Crippen molar-refractivity contribution in [2.45, 2.75) is 111 Å². The average Bonchev–Trinajstić information content (AvgIpc) is 3.57. The molecular formula is C33H46F3N5O2. The lowest BCUT2D eigenvalue weighted by molar-refractivity contribution is -0.138. The molecule has 7 nitrogen and oxygen atoms in total. The summed E-state index contributed by atoms with van der Waals surface area (Å²) in [7, 11) is 0. The topological polar surface area (TPSA) is 84.1 Å². The van der Waals surface area contributed by atoms with E-state index in [9.17, 15) is 18.0 Å². The number of rotatable bonds is 15. The fraction of sp³-hybridized carbons (Fsp3) is 0.636. The van der Waals surface area contributed by atoms with Crippen molar-refractivity contribution in [3.63, 3.8) is 0 Å². The highest BCUT2D eigenvalue weighted by molar-refractivity contribution is 5.66. The minimum atomic E-state index is -4.37. The number of hydrogen-bond acceptors (Lipinski definition) is 5. The van der Waals surface area contributed by atoms with Crippen LogP contribution in [0.5, 0.6) is 0 Å². The van der Waals surface area contributed by atoms with Gasteiger partial charge in [-0.05, 0) is 112 Å². The Morgan fingerprint density at radius 1 is 1.21 bits per heavy atom. The maximum Gasteiger partial charge on any atom is 0.416 e. The van der Waals surface area contributed by atoms with Crippen molar-refractivity contribution >= 4 is 5.97 Å². The van der Waals surface area contributed by atoms with Crippen molar-refractivity contribution in [1.82, 2.24) is 25.1 Å². The van der Waals surface area contributed by atoms with Crippen molar-refractivity contribution < 1.29 is 23.1 Å². The van der Waals surface area contributed by atoms with Gasteiger partial charge in [-0.2, -0.15) is 18.0 Å². The van der Waals surface area contributed by atoms with Gasteiger partial charge in [-0.3, -0.25) is 4.79 Å². The molecule has 1 N–H and O–H groups in total. The van der Waals surface area contributed by atoms with Crippen molar-refractivity contribution in [2.24, 2.45) is 11.3 Å². The van der Waals surface area contributed by atoms with E-state index in [-0.39, 0.29) is 17.8 Å². The number of aliphatic carboxylic acids is 1. The molecular weight excluding hydrogens is 555 g/mol. The number of alkyl halides is 3.